The van der Waals surface area contributed by atoms with Crippen LogP contribution in [0.25, 0.3) is 0 Å². The molecule has 0 aliphatic carbocycles. The van der Waals surface area contributed by atoms with Crippen molar-refractivity contribution in [2.75, 3.05) is 13.1 Å². The summed E-state index contributed by atoms with van der Waals surface area (Å²) in [5.74, 6) is 0. The Morgan fingerprint density at radius 1 is 1.69 bits per heavy atom. The Hall–Kier alpha value is -0.780. The zero-order valence-corrected chi connectivity index (χ0v) is 8.05. The van der Waals surface area contributed by atoms with Crippen LogP contribution in [0.2, 0.25) is 0 Å². The summed E-state index contributed by atoms with van der Waals surface area (Å²) in [6, 6.07) is 0.148. The lowest BCUT2D eigenvalue weighted by Gasteiger charge is -2.18. The molecule has 3 N–H and O–H groups in total. The molecule has 1 aromatic rings. The molecule has 5 heteroatoms. The molecule has 2 rings (SSSR count). The van der Waals surface area contributed by atoms with Gasteiger partial charge >= 0.3 is 0 Å². The molecule has 1 aliphatic heterocycles. The van der Waals surface area contributed by atoms with Crippen LogP contribution in [0.5, 0.6) is 0 Å². The summed E-state index contributed by atoms with van der Waals surface area (Å²) in [5.41, 5.74) is 8.13. The van der Waals surface area contributed by atoms with Gasteiger partial charge in [-0.05, 0) is 0 Å². The highest BCUT2D eigenvalue weighted by molar-refractivity contribution is 6.99. The van der Waals surface area contributed by atoms with Crippen LogP contribution in [0.1, 0.15) is 5.69 Å². The van der Waals surface area contributed by atoms with Crippen molar-refractivity contribution in [2.45, 2.75) is 12.5 Å². The Labute approximate surface area is 81.2 Å². The van der Waals surface area contributed by atoms with Crippen molar-refractivity contribution in [1.82, 2.24) is 14.1 Å². The third-order valence-corrected chi connectivity index (χ3v) is 2.51. The van der Waals surface area contributed by atoms with E-state index in [1.54, 1.807) is 0 Å². The van der Waals surface area contributed by atoms with Crippen molar-refractivity contribution < 1.29 is 0 Å². The van der Waals surface area contributed by atoms with Crippen molar-refractivity contribution in [3.05, 3.63) is 23.5 Å². The lowest BCUT2D eigenvalue weighted by atomic mass is 10.0. The van der Waals surface area contributed by atoms with Crippen LogP contribution in [0.15, 0.2) is 17.8 Å². The van der Waals surface area contributed by atoms with Gasteiger partial charge in [-0.15, -0.1) is 0 Å². The molecule has 1 atom stereocenters. The Morgan fingerprint density at radius 3 is 3.31 bits per heavy atom. The Morgan fingerprint density at radius 2 is 2.62 bits per heavy atom. The summed E-state index contributed by atoms with van der Waals surface area (Å²) in [7, 11) is 0. The Kier molecular flexibility index (Phi) is 2.68. The minimum absolute atomic E-state index is 0.148. The van der Waals surface area contributed by atoms with E-state index in [0.717, 1.165) is 25.2 Å². The zero-order valence-electron chi connectivity index (χ0n) is 7.23. The van der Waals surface area contributed by atoms with Gasteiger partial charge in [-0.2, -0.15) is 8.75 Å². The molecule has 0 spiro atoms. The third kappa shape index (κ3) is 2.33. The average Bonchev–Trinajstić information content (AvgIpc) is 2.57. The first-order valence-corrected chi connectivity index (χ1v) is 5.00. The number of hydrogen-bond donors (Lipinski definition) is 2. The minimum Gasteiger partial charge on any atom is -0.323 e. The predicted molar refractivity (Wildman–Crippen MR) is 52.5 cm³/mol. The molecule has 13 heavy (non-hydrogen) atoms. The van der Waals surface area contributed by atoms with Gasteiger partial charge in [0.25, 0.3) is 0 Å². The number of hydrogen-bond acceptors (Lipinski definition) is 5. The van der Waals surface area contributed by atoms with Crippen LogP contribution in [0.4, 0.5) is 0 Å². The third-order valence-electron chi connectivity index (χ3n) is 2.00. The molecule has 1 aliphatic rings. The smallest absolute Gasteiger partial charge is 0.0783 e. The van der Waals surface area contributed by atoms with Crippen molar-refractivity contribution in [1.29, 1.82) is 0 Å². The summed E-state index contributed by atoms with van der Waals surface area (Å²) in [6.07, 6.45) is 4.80. The molecule has 0 radical (unpaired) electrons. The van der Waals surface area contributed by atoms with E-state index in [-0.39, 0.29) is 6.04 Å². The Bertz CT molecular complexity index is 293. The van der Waals surface area contributed by atoms with Gasteiger partial charge in [0.2, 0.25) is 0 Å². The SMILES string of the molecule is NC1C=C(Cc2cnsn2)CNC1. The van der Waals surface area contributed by atoms with E-state index in [4.69, 9.17) is 5.73 Å². The fourth-order valence-corrected chi connectivity index (χ4v) is 1.87. The maximum absolute atomic E-state index is 5.78. The van der Waals surface area contributed by atoms with Crippen LogP contribution in [0.3, 0.4) is 0 Å². The van der Waals surface area contributed by atoms with E-state index in [2.05, 4.69) is 20.1 Å². The quantitative estimate of drug-likeness (QED) is 0.650. The molecule has 0 amide bonds. The van der Waals surface area contributed by atoms with Crippen molar-refractivity contribution in [2.24, 2.45) is 5.73 Å². The number of nitrogens with two attached hydrogens (primary N) is 1. The van der Waals surface area contributed by atoms with Gasteiger partial charge in [-0.25, -0.2) is 0 Å². The van der Waals surface area contributed by atoms with Gasteiger partial charge in [0.1, 0.15) is 0 Å². The second kappa shape index (κ2) is 3.95. The molecule has 0 bridgehead atoms. The van der Waals surface area contributed by atoms with Crippen molar-refractivity contribution in [3.8, 4) is 0 Å². The standard InChI is InChI=1S/C8H12N4S/c9-7-1-6(3-10-4-7)2-8-5-11-13-12-8/h1,5,7,10H,2-4,9H2. The molecule has 1 aromatic heterocycles. The molecule has 1 unspecified atom stereocenters. The summed E-state index contributed by atoms with van der Waals surface area (Å²) in [6.45, 7) is 1.80. The molecule has 70 valence electrons. The summed E-state index contributed by atoms with van der Waals surface area (Å²) >= 11 is 1.25. The summed E-state index contributed by atoms with van der Waals surface area (Å²) in [4.78, 5) is 0. The fraction of sp³-hybridized carbons (Fsp3) is 0.500. The van der Waals surface area contributed by atoms with Crippen LogP contribution in [-0.2, 0) is 6.42 Å². The van der Waals surface area contributed by atoms with Gasteiger partial charge in [0.05, 0.1) is 23.6 Å². The second-order valence-corrected chi connectivity index (χ2v) is 3.75. The lowest BCUT2D eigenvalue weighted by molar-refractivity contribution is 0.626. The van der Waals surface area contributed by atoms with Crippen LogP contribution >= 0.6 is 11.7 Å². The zero-order chi connectivity index (χ0) is 9.10. The molecule has 0 saturated heterocycles. The highest BCUT2D eigenvalue weighted by Crippen LogP contribution is 2.08. The van der Waals surface area contributed by atoms with E-state index in [9.17, 15) is 0 Å². The normalized spacial score (nSPS) is 22.8. The monoisotopic (exact) mass is 196 g/mol. The Balaban J connectivity index is 2.02. The molecule has 2 heterocycles. The van der Waals surface area contributed by atoms with E-state index >= 15 is 0 Å². The molecule has 4 nitrogen and oxygen atoms in total. The molecule has 0 aromatic carbocycles. The molecule has 0 fully saturated rings. The van der Waals surface area contributed by atoms with E-state index in [1.165, 1.54) is 17.3 Å². The first-order valence-electron chi connectivity index (χ1n) is 4.27. The van der Waals surface area contributed by atoms with Crippen molar-refractivity contribution in [3.63, 3.8) is 0 Å². The summed E-state index contributed by atoms with van der Waals surface area (Å²) < 4.78 is 8.11. The fourth-order valence-electron chi connectivity index (χ4n) is 1.44. The van der Waals surface area contributed by atoms with Gasteiger partial charge in [-0.1, -0.05) is 11.6 Å². The first kappa shape index (κ1) is 8.80. The van der Waals surface area contributed by atoms with E-state index in [1.807, 2.05) is 6.20 Å². The summed E-state index contributed by atoms with van der Waals surface area (Å²) in [5, 5.41) is 3.26. The largest absolute Gasteiger partial charge is 0.323 e. The van der Waals surface area contributed by atoms with Crippen LogP contribution in [0, 0.1) is 0 Å². The van der Waals surface area contributed by atoms with Gasteiger partial charge in [0.15, 0.2) is 0 Å². The topological polar surface area (TPSA) is 63.8 Å². The number of rotatable bonds is 2. The number of nitrogens with zero attached hydrogens (tertiary/aromatic N) is 2. The molecular weight excluding hydrogens is 184 g/mol. The van der Waals surface area contributed by atoms with Gasteiger partial charge in [-0.3, -0.25) is 0 Å². The van der Waals surface area contributed by atoms with Crippen LogP contribution < -0.4 is 11.1 Å². The second-order valence-electron chi connectivity index (χ2n) is 3.20. The highest BCUT2D eigenvalue weighted by atomic mass is 32.1. The first-order chi connectivity index (χ1) is 6.34. The molecule has 0 saturated carbocycles. The lowest BCUT2D eigenvalue weighted by Crippen LogP contribution is -2.38. The highest BCUT2D eigenvalue weighted by Gasteiger charge is 2.10. The maximum Gasteiger partial charge on any atom is 0.0783 e. The van der Waals surface area contributed by atoms with Crippen LogP contribution in [-0.4, -0.2) is 27.9 Å². The van der Waals surface area contributed by atoms with Gasteiger partial charge in [0, 0.05) is 25.6 Å². The average molecular weight is 196 g/mol. The van der Waals surface area contributed by atoms with E-state index in [0.29, 0.717) is 0 Å². The maximum atomic E-state index is 5.78. The van der Waals surface area contributed by atoms with Crippen molar-refractivity contribution >= 4 is 11.7 Å². The number of aromatic nitrogens is 2. The van der Waals surface area contributed by atoms with Gasteiger partial charge < -0.3 is 11.1 Å². The minimum atomic E-state index is 0.148. The predicted octanol–water partition coefficient (Wildman–Crippen LogP) is -0.0625. The van der Waals surface area contributed by atoms with E-state index < -0.39 is 0 Å². The molecular formula is C8H12N4S. The number of nitrogens with one attached hydrogen (secondary N) is 1.